The second-order valence-electron chi connectivity index (χ2n) is 6.23. The zero-order valence-corrected chi connectivity index (χ0v) is 13.4. The van der Waals surface area contributed by atoms with Gasteiger partial charge >= 0.3 is 0 Å². The molecule has 0 radical (unpaired) electrons. The van der Waals surface area contributed by atoms with Crippen LogP contribution in [0.4, 0.5) is 0 Å². The average molecular weight is 316 g/mol. The summed E-state index contributed by atoms with van der Waals surface area (Å²) < 4.78 is 5.45. The van der Waals surface area contributed by atoms with Crippen LogP contribution in [0.5, 0.6) is 0 Å². The van der Waals surface area contributed by atoms with Gasteiger partial charge in [-0.05, 0) is 53.0 Å². The Hall–Kier alpha value is -1.35. The summed E-state index contributed by atoms with van der Waals surface area (Å²) in [6.07, 6.45) is 3.21. The third kappa shape index (κ3) is 2.67. The van der Waals surface area contributed by atoms with Gasteiger partial charge in [0, 0.05) is 19.3 Å². The van der Waals surface area contributed by atoms with Crippen molar-refractivity contribution in [2.45, 2.75) is 25.3 Å². The van der Waals surface area contributed by atoms with Gasteiger partial charge in [0.05, 0.1) is 0 Å². The van der Waals surface area contributed by atoms with Crippen molar-refractivity contribution in [2.24, 2.45) is 11.7 Å². The average Bonchev–Trinajstić information content (AvgIpc) is 2.92. The molecule has 3 heteroatoms. The summed E-state index contributed by atoms with van der Waals surface area (Å²) in [5.74, 6) is 0.556. The van der Waals surface area contributed by atoms with Gasteiger partial charge < -0.3 is 10.5 Å². The molecule has 1 aliphatic carbocycles. The van der Waals surface area contributed by atoms with E-state index in [1.54, 1.807) is 0 Å². The summed E-state index contributed by atoms with van der Waals surface area (Å²) >= 11 is 0. The molecule has 1 saturated heterocycles. The van der Waals surface area contributed by atoms with Gasteiger partial charge in [0.25, 0.3) is 0 Å². The Kier molecular flexibility index (Phi) is 4.53. The second-order valence-corrected chi connectivity index (χ2v) is 6.23. The lowest BCUT2D eigenvalue weighted by Crippen LogP contribution is -2.27. The summed E-state index contributed by atoms with van der Waals surface area (Å²) in [5.41, 5.74) is 13.4. The molecule has 1 atom stereocenters. The Morgan fingerprint density at radius 3 is 2.50 bits per heavy atom. The number of hydrogen-bond donors (Lipinski definition) is 1. The van der Waals surface area contributed by atoms with Crippen LogP contribution in [0.25, 0.3) is 11.1 Å². The molecule has 2 aromatic carbocycles. The fourth-order valence-corrected chi connectivity index (χ4v) is 3.72. The molecule has 2 nitrogen and oxygen atoms in total. The zero-order valence-electron chi connectivity index (χ0n) is 12.6. The molecule has 2 N–H and O–H groups in total. The number of hydrogen-bond acceptors (Lipinski definition) is 2. The molecule has 1 aliphatic heterocycles. The molecule has 0 unspecified atom stereocenters. The van der Waals surface area contributed by atoms with E-state index < -0.39 is 0 Å². The van der Waals surface area contributed by atoms with E-state index in [-0.39, 0.29) is 18.4 Å². The Labute approximate surface area is 138 Å². The van der Waals surface area contributed by atoms with E-state index in [9.17, 15) is 0 Å². The van der Waals surface area contributed by atoms with Gasteiger partial charge in [0.2, 0.25) is 0 Å². The minimum atomic E-state index is 0. The number of benzene rings is 2. The van der Waals surface area contributed by atoms with Crippen molar-refractivity contribution in [1.82, 2.24) is 0 Å². The van der Waals surface area contributed by atoms with Crippen LogP contribution in [0, 0.1) is 5.92 Å². The van der Waals surface area contributed by atoms with E-state index in [2.05, 4.69) is 42.5 Å². The fourth-order valence-electron chi connectivity index (χ4n) is 3.72. The van der Waals surface area contributed by atoms with Crippen LogP contribution < -0.4 is 5.73 Å². The summed E-state index contributed by atoms with van der Waals surface area (Å²) in [6.45, 7) is 1.71. The summed E-state index contributed by atoms with van der Waals surface area (Å²) in [4.78, 5) is 0. The Balaban J connectivity index is 0.00000144. The molecule has 2 aliphatic rings. The minimum Gasteiger partial charge on any atom is -0.381 e. The van der Waals surface area contributed by atoms with Crippen molar-refractivity contribution in [1.29, 1.82) is 0 Å². The number of halogens is 1. The molecule has 1 fully saturated rings. The highest BCUT2D eigenvalue weighted by Gasteiger charge is 2.24. The monoisotopic (exact) mass is 315 g/mol. The Bertz CT molecular complexity index is 664. The normalized spacial score (nSPS) is 18.2. The van der Waals surface area contributed by atoms with Crippen molar-refractivity contribution in [2.75, 3.05) is 13.2 Å². The molecular weight excluding hydrogens is 294 g/mol. The molecule has 1 heterocycles. The van der Waals surface area contributed by atoms with Crippen LogP contribution in [0.15, 0.2) is 42.5 Å². The van der Waals surface area contributed by atoms with Gasteiger partial charge in [-0.15, -0.1) is 12.4 Å². The number of fused-ring (bicyclic) bond motifs is 3. The molecule has 0 spiro atoms. The first-order valence-corrected chi connectivity index (χ1v) is 7.87. The van der Waals surface area contributed by atoms with Gasteiger partial charge in [-0.1, -0.05) is 42.5 Å². The molecule has 2 aromatic rings. The SMILES string of the molecule is Cl.N[C@@H](c1ccc2c(c1)Cc1ccccc1-2)C1CCOCC1. The standard InChI is InChI=1S/C19H21NO.ClH/c20-19(13-7-9-21-10-8-13)15-5-6-18-16(12-15)11-14-3-1-2-4-17(14)18;/h1-6,12-13,19H,7-11,20H2;1H/t19-;/m1./s1. The third-order valence-corrected chi connectivity index (χ3v) is 4.98. The molecule has 0 bridgehead atoms. The van der Waals surface area contributed by atoms with Crippen molar-refractivity contribution >= 4 is 12.4 Å². The van der Waals surface area contributed by atoms with Crippen LogP contribution in [0.1, 0.15) is 35.6 Å². The molecule has 4 rings (SSSR count). The lowest BCUT2D eigenvalue weighted by molar-refractivity contribution is 0.0584. The van der Waals surface area contributed by atoms with E-state index in [4.69, 9.17) is 10.5 Å². The number of ether oxygens (including phenoxy) is 1. The van der Waals surface area contributed by atoms with Gasteiger partial charge in [-0.25, -0.2) is 0 Å². The first-order valence-electron chi connectivity index (χ1n) is 7.87. The first kappa shape index (κ1) is 15.5. The van der Waals surface area contributed by atoms with E-state index >= 15 is 0 Å². The summed E-state index contributed by atoms with van der Waals surface area (Å²) in [7, 11) is 0. The predicted molar refractivity (Wildman–Crippen MR) is 92.4 cm³/mol. The summed E-state index contributed by atoms with van der Waals surface area (Å²) in [6, 6.07) is 15.6. The molecular formula is C19H22ClNO. The molecule has 0 saturated carbocycles. The van der Waals surface area contributed by atoms with Crippen molar-refractivity contribution in [3.05, 3.63) is 59.2 Å². The van der Waals surface area contributed by atoms with Gasteiger partial charge in [0.15, 0.2) is 0 Å². The van der Waals surface area contributed by atoms with Crippen LogP contribution in [0.3, 0.4) is 0 Å². The largest absolute Gasteiger partial charge is 0.381 e. The highest BCUT2D eigenvalue weighted by atomic mass is 35.5. The maximum absolute atomic E-state index is 6.51. The highest BCUT2D eigenvalue weighted by molar-refractivity contribution is 5.85. The van der Waals surface area contributed by atoms with Crippen LogP contribution in [0.2, 0.25) is 0 Å². The highest BCUT2D eigenvalue weighted by Crippen LogP contribution is 2.38. The molecule has 22 heavy (non-hydrogen) atoms. The van der Waals surface area contributed by atoms with E-state index in [1.807, 2.05) is 0 Å². The maximum Gasteiger partial charge on any atom is 0.0469 e. The quantitative estimate of drug-likeness (QED) is 0.772. The van der Waals surface area contributed by atoms with Crippen LogP contribution >= 0.6 is 12.4 Å². The minimum absolute atomic E-state index is 0. The first-order chi connectivity index (χ1) is 10.3. The van der Waals surface area contributed by atoms with E-state index in [1.165, 1.54) is 27.8 Å². The van der Waals surface area contributed by atoms with Gasteiger partial charge in [-0.2, -0.15) is 0 Å². The second kappa shape index (κ2) is 6.41. The lowest BCUT2D eigenvalue weighted by Gasteiger charge is -2.28. The lowest BCUT2D eigenvalue weighted by atomic mass is 9.86. The van der Waals surface area contributed by atoms with E-state index in [0.29, 0.717) is 5.92 Å². The topological polar surface area (TPSA) is 35.2 Å². The van der Waals surface area contributed by atoms with E-state index in [0.717, 1.165) is 32.5 Å². The molecule has 0 aromatic heterocycles. The number of rotatable bonds is 2. The van der Waals surface area contributed by atoms with Crippen molar-refractivity contribution < 1.29 is 4.74 Å². The molecule has 0 amide bonds. The fraction of sp³-hybridized carbons (Fsp3) is 0.368. The van der Waals surface area contributed by atoms with Crippen molar-refractivity contribution in [3.63, 3.8) is 0 Å². The predicted octanol–water partition coefficient (Wildman–Crippen LogP) is 4.11. The Morgan fingerprint density at radius 1 is 0.955 bits per heavy atom. The van der Waals surface area contributed by atoms with Crippen LogP contribution in [-0.4, -0.2) is 13.2 Å². The van der Waals surface area contributed by atoms with Gasteiger partial charge in [-0.3, -0.25) is 0 Å². The zero-order chi connectivity index (χ0) is 14.2. The maximum atomic E-state index is 6.51. The third-order valence-electron chi connectivity index (χ3n) is 4.98. The summed E-state index contributed by atoms with van der Waals surface area (Å²) in [5, 5.41) is 0. The van der Waals surface area contributed by atoms with Crippen molar-refractivity contribution in [3.8, 4) is 11.1 Å². The van der Waals surface area contributed by atoms with Crippen LogP contribution in [-0.2, 0) is 11.2 Å². The Morgan fingerprint density at radius 2 is 1.68 bits per heavy atom. The van der Waals surface area contributed by atoms with Gasteiger partial charge in [0.1, 0.15) is 0 Å². The number of nitrogens with two attached hydrogens (primary N) is 1. The smallest absolute Gasteiger partial charge is 0.0469 e. The molecule has 116 valence electrons.